The van der Waals surface area contributed by atoms with E-state index in [4.69, 9.17) is 11.5 Å². The molecule has 0 aromatic carbocycles. The summed E-state index contributed by atoms with van der Waals surface area (Å²) in [5.74, 6) is 0. The molecule has 0 atom stereocenters. The number of nitrogens with zero attached hydrogens (tertiary/aromatic N) is 6. The molecule has 0 spiro atoms. The summed E-state index contributed by atoms with van der Waals surface area (Å²) >= 11 is 0. The van der Waals surface area contributed by atoms with Crippen LogP contribution in [0.15, 0.2) is 31.8 Å². The minimum atomic E-state index is -0.371. The molecule has 4 rings (SSSR count). The highest BCUT2D eigenvalue weighted by molar-refractivity contribution is 5.69. The highest BCUT2D eigenvalue weighted by Crippen LogP contribution is 1.98. The third-order valence-electron chi connectivity index (χ3n) is 4.23. The van der Waals surface area contributed by atoms with Gasteiger partial charge in [-0.1, -0.05) is 0 Å². The molecule has 0 amide bonds. The first-order valence-electron chi connectivity index (χ1n) is 8.75. The number of hydrogen-bond donors (Lipinski definition) is 4. The van der Waals surface area contributed by atoms with Crippen molar-refractivity contribution in [3.05, 3.63) is 54.3 Å². The number of aromatic amines is 2. The molecule has 4 heterocycles. The zero-order valence-corrected chi connectivity index (χ0v) is 17.5. The monoisotopic (exact) mass is 438 g/mol. The Morgan fingerprint density at radius 3 is 1.32 bits per heavy atom. The van der Waals surface area contributed by atoms with Gasteiger partial charge in [0.25, 0.3) is 11.1 Å². The lowest BCUT2D eigenvalue weighted by Crippen LogP contribution is -2.36. The van der Waals surface area contributed by atoms with Crippen LogP contribution in [0, 0.1) is 0 Å². The third kappa shape index (κ3) is 4.68. The van der Waals surface area contributed by atoms with Gasteiger partial charge in [0.2, 0.25) is 0 Å². The normalized spacial score (nSPS) is 10.1. The molecule has 170 valence electrons. The lowest BCUT2D eigenvalue weighted by molar-refractivity contribution is 0.709. The maximum Gasteiger partial charge on any atom is 0.332 e. The number of aromatic nitrogens is 8. The highest BCUT2D eigenvalue weighted by Gasteiger charge is 2.09. The second-order valence-electron chi connectivity index (χ2n) is 6.19. The molecular formula is C16H26N10O5. The van der Waals surface area contributed by atoms with Crippen LogP contribution in [-0.4, -0.2) is 56.8 Å². The molecule has 0 bridgehead atoms. The molecule has 0 radical (unpaired) electrons. The molecule has 0 fully saturated rings. The number of nitrogens with two attached hydrogens (primary N) is 2. The maximum absolute atomic E-state index is 11.4. The van der Waals surface area contributed by atoms with Gasteiger partial charge in [-0.3, -0.25) is 27.9 Å². The van der Waals surface area contributed by atoms with Gasteiger partial charge >= 0.3 is 11.4 Å². The van der Waals surface area contributed by atoms with Gasteiger partial charge in [-0.15, -0.1) is 0 Å². The second kappa shape index (κ2) is 10.3. The zero-order valence-electron chi connectivity index (χ0n) is 17.5. The molecule has 4 aromatic heterocycles. The van der Waals surface area contributed by atoms with E-state index < -0.39 is 0 Å². The summed E-state index contributed by atoms with van der Waals surface area (Å²) < 4.78 is 4.74. The molecule has 0 saturated heterocycles. The molecule has 31 heavy (non-hydrogen) atoms. The van der Waals surface area contributed by atoms with Gasteiger partial charge < -0.3 is 26.9 Å². The number of rotatable bonds is 1. The van der Waals surface area contributed by atoms with Crippen molar-refractivity contribution in [3.63, 3.8) is 0 Å². The summed E-state index contributed by atoms with van der Waals surface area (Å²) in [4.78, 5) is 58.8. The van der Waals surface area contributed by atoms with Crippen molar-refractivity contribution in [3.8, 4) is 0 Å². The van der Waals surface area contributed by atoms with Crippen LogP contribution < -0.4 is 34.0 Å². The Morgan fingerprint density at radius 2 is 1.03 bits per heavy atom. The quantitative estimate of drug-likeness (QED) is 0.228. The van der Waals surface area contributed by atoms with E-state index >= 15 is 0 Å². The Labute approximate surface area is 173 Å². The predicted molar refractivity (Wildman–Crippen MR) is 115 cm³/mol. The minimum absolute atomic E-state index is 0. The van der Waals surface area contributed by atoms with Gasteiger partial charge in [0.05, 0.1) is 12.7 Å². The number of fused-ring (bicyclic) bond motifs is 2. The zero-order chi connectivity index (χ0) is 22.6. The van der Waals surface area contributed by atoms with Gasteiger partial charge in [0, 0.05) is 41.3 Å². The van der Waals surface area contributed by atoms with Crippen molar-refractivity contribution in [2.75, 3.05) is 13.1 Å². The smallest absolute Gasteiger partial charge is 0.332 e. The predicted octanol–water partition coefficient (Wildman–Crippen LogP) is -4.00. The van der Waals surface area contributed by atoms with Gasteiger partial charge in [-0.2, -0.15) is 0 Å². The van der Waals surface area contributed by atoms with E-state index in [0.29, 0.717) is 35.4 Å². The summed E-state index contributed by atoms with van der Waals surface area (Å²) in [6.45, 7) is 1.19. The van der Waals surface area contributed by atoms with Gasteiger partial charge in [0.1, 0.15) is 11.0 Å². The van der Waals surface area contributed by atoms with Crippen molar-refractivity contribution in [2.45, 2.75) is 0 Å². The van der Waals surface area contributed by atoms with E-state index in [2.05, 4.69) is 19.9 Å². The average molecular weight is 438 g/mol. The average Bonchev–Trinajstić information content (AvgIpc) is 3.44. The summed E-state index contributed by atoms with van der Waals surface area (Å²) in [5, 5.41) is 0. The van der Waals surface area contributed by atoms with E-state index in [-0.39, 0.29) is 28.0 Å². The summed E-state index contributed by atoms with van der Waals surface area (Å²) in [7, 11) is 6.02. The van der Waals surface area contributed by atoms with Crippen molar-refractivity contribution in [1.29, 1.82) is 0 Å². The first-order valence-corrected chi connectivity index (χ1v) is 8.75. The molecule has 0 aliphatic heterocycles. The van der Waals surface area contributed by atoms with E-state index in [1.165, 1.54) is 35.9 Å². The lowest BCUT2D eigenvalue weighted by Gasteiger charge is -2.00. The Balaban J connectivity index is 0.000000258. The lowest BCUT2D eigenvalue weighted by atomic mass is 10.5. The van der Waals surface area contributed by atoms with Crippen molar-refractivity contribution >= 4 is 22.3 Å². The third-order valence-corrected chi connectivity index (χ3v) is 4.23. The van der Waals surface area contributed by atoms with E-state index in [0.717, 1.165) is 9.13 Å². The Hall–Kier alpha value is -3.82. The standard InChI is InChI=1S/2C7H8N4O2.C2H8N2.H2O/c2*1-10-5-4(8-3-9-5)6(12)11(2)7(10)13;3-1-2-4;/h2*3H,1-2H3,(H,8,9);1-4H2;1H2. The molecule has 0 unspecified atom stereocenters. The van der Waals surface area contributed by atoms with Crippen LogP contribution in [-0.2, 0) is 28.2 Å². The SMILES string of the molecule is Cn1c(=O)c2[nH]cnc2n(C)c1=O.Cn1c(=O)c2[nH]cnc2n(C)c1=O.NCCN.O. The summed E-state index contributed by atoms with van der Waals surface area (Å²) in [5.41, 5.74) is 9.83. The molecule has 15 heteroatoms. The highest BCUT2D eigenvalue weighted by atomic mass is 16.2. The van der Waals surface area contributed by atoms with Crippen LogP contribution in [0.1, 0.15) is 0 Å². The Bertz CT molecular complexity index is 1290. The van der Waals surface area contributed by atoms with Crippen LogP contribution in [0.5, 0.6) is 0 Å². The minimum Gasteiger partial charge on any atom is -0.412 e. The molecule has 15 nitrogen and oxygen atoms in total. The van der Waals surface area contributed by atoms with Gasteiger partial charge in [0.15, 0.2) is 11.3 Å². The van der Waals surface area contributed by atoms with E-state index in [1.54, 1.807) is 14.1 Å². The molecular weight excluding hydrogens is 412 g/mol. The molecule has 0 aliphatic carbocycles. The first kappa shape index (κ1) is 25.2. The van der Waals surface area contributed by atoms with Crippen molar-refractivity contribution in [1.82, 2.24) is 38.2 Å². The molecule has 0 saturated carbocycles. The van der Waals surface area contributed by atoms with Crippen LogP contribution in [0.2, 0.25) is 0 Å². The number of nitrogens with one attached hydrogen (secondary N) is 2. The van der Waals surface area contributed by atoms with Gasteiger partial charge in [-0.25, -0.2) is 19.6 Å². The second-order valence-corrected chi connectivity index (χ2v) is 6.19. The summed E-state index contributed by atoms with van der Waals surface area (Å²) in [6, 6.07) is 0. The Morgan fingerprint density at radius 1 is 0.710 bits per heavy atom. The fourth-order valence-corrected chi connectivity index (χ4v) is 2.54. The maximum atomic E-state index is 11.4. The van der Waals surface area contributed by atoms with E-state index in [1.807, 2.05) is 0 Å². The molecule has 4 aromatic rings. The molecule has 8 N–H and O–H groups in total. The summed E-state index contributed by atoms with van der Waals surface area (Å²) in [6.07, 6.45) is 2.79. The van der Waals surface area contributed by atoms with Gasteiger partial charge in [-0.05, 0) is 0 Å². The van der Waals surface area contributed by atoms with E-state index in [9.17, 15) is 19.2 Å². The van der Waals surface area contributed by atoms with Crippen LogP contribution in [0.4, 0.5) is 0 Å². The fourth-order valence-electron chi connectivity index (χ4n) is 2.54. The topological polar surface area (TPSA) is 229 Å². The van der Waals surface area contributed by atoms with Crippen LogP contribution in [0.25, 0.3) is 22.3 Å². The number of hydrogen-bond acceptors (Lipinski definition) is 8. The fraction of sp³-hybridized carbons (Fsp3) is 0.375. The Kier molecular flexibility index (Phi) is 8.36. The van der Waals surface area contributed by atoms with Crippen LogP contribution in [0.3, 0.4) is 0 Å². The number of imidazole rings is 2. The number of H-pyrrole nitrogens is 2. The van der Waals surface area contributed by atoms with Crippen LogP contribution >= 0.6 is 0 Å². The van der Waals surface area contributed by atoms with Crippen molar-refractivity contribution < 1.29 is 5.48 Å². The largest absolute Gasteiger partial charge is 0.412 e. The molecule has 0 aliphatic rings. The van der Waals surface area contributed by atoms with Crippen molar-refractivity contribution in [2.24, 2.45) is 39.7 Å². The number of aryl methyl sites for hydroxylation is 2. The first-order chi connectivity index (χ1) is 14.2.